The van der Waals surface area contributed by atoms with Gasteiger partial charge in [0.2, 0.25) is 5.91 Å². The number of nitrogens with two attached hydrogens (primary N) is 1. The molecule has 1 aromatic rings. The lowest BCUT2D eigenvalue weighted by Gasteiger charge is -1.90. The molecule has 0 radical (unpaired) electrons. The lowest BCUT2D eigenvalue weighted by Crippen LogP contribution is -2.13. The van der Waals surface area contributed by atoms with E-state index in [1.165, 1.54) is 0 Å². The predicted octanol–water partition coefficient (Wildman–Crippen LogP) is 0.00890. The van der Waals surface area contributed by atoms with Crippen LogP contribution in [0, 0.1) is 5.92 Å². The SMILES string of the molecule is Cn1cc(C2CC2C(N)=O)cn1. The van der Waals surface area contributed by atoms with Gasteiger partial charge >= 0.3 is 0 Å². The van der Waals surface area contributed by atoms with Crippen LogP contribution >= 0.6 is 0 Å². The standard InChI is InChI=1S/C8H11N3O/c1-11-4-5(3-10-11)6-2-7(6)8(9)12/h3-4,6-7H,2H2,1H3,(H2,9,12). The molecule has 1 aliphatic carbocycles. The number of nitrogens with zero attached hydrogens (tertiary/aromatic N) is 2. The van der Waals surface area contributed by atoms with Crippen LogP contribution in [0.1, 0.15) is 17.9 Å². The first-order chi connectivity index (χ1) is 5.68. The Morgan fingerprint density at radius 2 is 2.58 bits per heavy atom. The maximum absolute atomic E-state index is 10.7. The van der Waals surface area contributed by atoms with E-state index in [2.05, 4.69) is 5.10 Å². The van der Waals surface area contributed by atoms with Gasteiger partial charge in [0.05, 0.1) is 6.20 Å². The van der Waals surface area contributed by atoms with Crippen LogP contribution in [-0.2, 0) is 11.8 Å². The van der Waals surface area contributed by atoms with Gasteiger partial charge in [-0.15, -0.1) is 0 Å². The third kappa shape index (κ3) is 1.09. The van der Waals surface area contributed by atoms with Crippen LogP contribution in [0.2, 0.25) is 0 Å². The van der Waals surface area contributed by atoms with Crippen LogP contribution in [0.4, 0.5) is 0 Å². The first-order valence-electron chi connectivity index (χ1n) is 3.96. The van der Waals surface area contributed by atoms with Crippen LogP contribution in [0.25, 0.3) is 0 Å². The van der Waals surface area contributed by atoms with Crippen LogP contribution < -0.4 is 5.73 Å². The van der Waals surface area contributed by atoms with Gasteiger partial charge in [-0.25, -0.2) is 0 Å². The molecule has 2 atom stereocenters. The largest absolute Gasteiger partial charge is 0.369 e. The average molecular weight is 165 g/mol. The fourth-order valence-electron chi connectivity index (χ4n) is 1.51. The minimum atomic E-state index is -0.191. The van der Waals surface area contributed by atoms with E-state index < -0.39 is 0 Å². The minimum Gasteiger partial charge on any atom is -0.369 e. The number of aromatic nitrogens is 2. The molecule has 1 saturated carbocycles. The van der Waals surface area contributed by atoms with E-state index in [4.69, 9.17) is 5.73 Å². The van der Waals surface area contributed by atoms with Gasteiger partial charge in [-0.1, -0.05) is 0 Å². The molecule has 0 spiro atoms. The van der Waals surface area contributed by atoms with E-state index in [9.17, 15) is 4.79 Å². The fraction of sp³-hybridized carbons (Fsp3) is 0.500. The maximum Gasteiger partial charge on any atom is 0.221 e. The van der Waals surface area contributed by atoms with E-state index in [1.807, 2.05) is 13.2 Å². The predicted molar refractivity (Wildman–Crippen MR) is 43.3 cm³/mol. The maximum atomic E-state index is 10.7. The summed E-state index contributed by atoms with van der Waals surface area (Å²) >= 11 is 0. The van der Waals surface area contributed by atoms with Gasteiger partial charge in [0.1, 0.15) is 0 Å². The number of primary amides is 1. The Morgan fingerprint density at radius 1 is 1.83 bits per heavy atom. The highest BCUT2D eigenvalue weighted by molar-refractivity contribution is 5.81. The summed E-state index contributed by atoms with van der Waals surface area (Å²) in [6.45, 7) is 0. The molecule has 64 valence electrons. The van der Waals surface area contributed by atoms with E-state index in [0.717, 1.165) is 12.0 Å². The summed E-state index contributed by atoms with van der Waals surface area (Å²) in [7, 11) is 1.87. The lowest BCUT2D eigenvalue weighted by molar-refractivity contribution is -0.119. The van der Waals surface area contributed by atoms with Crippen molar-refractivity contribution in [1.29, 1.82) is 0 Å². The molecule has 1 aliphatic rings. The number of rotatable bonds is 2. The molecule has 1 fully saturated rings. The molecule has 4 nitrogen and oxygen atoms in total. The van der Waals surface area contributed by atoms with Crippen LogP contribution in [0.5, 0.6) is 0 Å². The topological polar surface area (TPSA) is 60.9 Å². The summed E-state index contributed by atoms with van der Waals surface area (Å²) in [5.74, 6) is 0.189. The van der Waals surface area contributed by atoms with Gasteiger partial charge in [0, 0.05) is 19.2 Å². The number of amides is 1. The lowest BCUT2D eigenvalue weighted by atomic mass is 10.2. The molecule has 2 rings (SSSR count). The molecule has 2 N–H and O–H groups in total. The molecule has 2 unspecified atom stereocenters. The summed E-state index contributed by atoms with van der Waals surface area (Å²) in [6, 6.07) is 0. The number of hydrogen-bond donors (Lipinski definition) is 1. The molecule has 0 aliphatic heterocycles. The van der Waals surface area contributed by atoms with Gasteiger partial charge < -0.3 is 5.73 Å². The monoisotopic (exact) mass is 165 g/mol. The highest BCUT2D eigenvalue weighted by Gasteiger charge is 2.43. The highest BCUT2D eigenvalue weighted by Crippen LogP contribution is 2.46. The summed E-state index contributed by atoms with van der Waals surface area (Å²) < 4.78 is 1.74. The van der Waals surface area contributed by atoms with E-state index in [1.54, 1.807) is 10.9 Å². The summed E-state index contributed by atoms with van der Waals surface area (Å²) in [5, 5.41) is 4.04. The van der Waals surface area contributed by atoms with Crippen LogP contribution in [-0.4, -0.2) is 15.7 Å². The highest BCUT2D eigenvalue weighted by atomic mass is 16.1. The quantitative estimate of drug-likeness (QED) is 0.671. The zero-order chi connectivity index (χ0) is 8.72. The van der Waals surface area contributed by atoms with Crippen molar-refractivity contribution in [3.8, 4) is 0 Å². The first kappa shape index (κ1) is 7.34. The second-order valence-corrected chi connectivity index (χ2v) is 3.30. The average Bonchev–Trinajstić information content (AvgIpc) is 2.70. The van der Waals surface area contributed by atoms with Gasteiger partial charge in [0.15, 0.2) is 0 Å². The van der Waals surface area contributed by atoms with E-state index >= 15 is 0 Å². The molecule has 1 heterocycles. The van der Waals surface area contributed by atoms with Gasteiger partial charge in [-0.2, -0.15) is 5.10 Å². The summed E-state index contributed by atoms with van der Waals surface area (Å²) in [4.78, 5) is 10.7. The molecule has 0 aromatic carbocycles. The molecule has 4 heteroatoms. The van der Waals surface area contributed by atoms with Gasteiger partial charge in [-0.05, 0) is 17.9 Å². The number of aryl methyl sites for hydroxylation is 1. The first-order valence-corrected chi connectivity index (χ1v) is 3.96. The number of carbonyl (C=O) groups excluding carboxylic acids is 1. The van der Waals surface area contributed by atoms with Crippen molar-refractivity contribution in [2.75, 3.05) is 0 Å². The Kier molecular flexibility index (Phi) is 1.43. The second kappa shape index (κ2) is 2.33. The Labute approximate surface area is 70.4 Å². The van der Waals surface area contributed by atoms with Crippen molar-refractivity contribution < 1.29 is 4.79 Å². The molecular weight excluding hydrogens is 154 g/mol. The zero-order valence-electron chi connectivity index (χ0n) is 6.90. The summed E-state index contributed by atoms with van der Waals surface area (Å²) in [5.41, 5.74) is 6.29. The van der Waals surface area contributed by atoms with Crippen molar-refractivity contribution in [3.63, 3.8) is 0 Å². The molecule has 12 heavy (non-hydrogen) atoms. The number of hydrogen-bond acceptors (Lipinski definition) is 2. The summed E-state index contributed by atoms with van der Waals surface area (Å²) in [6.07, 6.45) is 4.63. The molecule has 0 bridgehead atoms. The third-order valence-corrected chi connectivity index (χ3v) is 2.31. The minimum absolute atomic E-state index is 0.0502. The van der Waals surface area contributed by atoms with Crippen molar-refractivity contribution in [2.45, 2.75) is 12.3 Å². The fourth-order valence-corrected chi connectivity index (χ4v) is 1.51. The van der Waals surface area contributed by atoms with E-state index in [-0.39, 0.29) is 11.8 Å². The molecule has 0 saturated heterocycles. The van der Waals surface area contributed by atoms with Gasteiger partial charge in [-0.3, -0.25) is 9.48 Å². The Bertz CT molecular complexity index is 318. The van der Waals surface area contributed by atoms with Crippen molar-refractivity contribution in [2.24, 2.45) is 18.7 Å². The van der Waals surface area contributed by atoms with E-state index in [0.29, 0.717) is 5.92 Å². The smallest absolute Gasteiger partial charge is 0.221 e. The number of carbonyl (C=O) groups is 1. The Hall–Kier alpha value is -1.32. The van der Waals surface area contributed by atoms with Crippen molar-refractivity contribution in [1.82, 2.24) is 9.78 Å². The van der Waals surface area contributed by atoms with Crippen LogP contribution in [0.15, 0.2) is 12.4 Å². The van der Waals surface area contributed by atoms with Crippen molar-refractivity contribution >= 4 is 5.91 Å². The Morgan fingerprint density at radius 3 is 3.00 bits per heavy atom. The van der Waals surface area contributed by atoms with Crippen molar-refractivity contribution in [3.05, 3.63) is 18.0 Å². The van der Waals surface area contributed by atoms with Gasteiger partial charge in [0.25, 0.3) is 0 Å². The zero-order valence-corrected chi connectivity index (χ0v) is 6.90. The molecule has 1 aromatic heterocycles. The Balaban J connectivity index is 2.10. The molecule has 1 amide bonds. The normalized spacial score (nSPS) is 27.1. The molecular formula is C8H11N3O. The third-order valence-electron chi connectivity index (χ3n) is 2.31. The van der Waals surface area contributed by atoms with Crippen LogP contribution in [0.3, 0.4) is 0 Å². The second-order valence-electron chi connectivity index (χ2n) is 3.30.